The lowest BCUT2D eigenvalue weighted by Gasteiger charge is -2.14. The summed E-state index contributed by atoms with van der Waals surface area (Å²) in [6, 6.07) is 10.6. The SMILES string of the molecule is CCCCOCc1cc(C(=O)Nc2ccc(OC)cc2OC)ccc1OCC. The average Bonchev–Trinajstić information content (AvgIpc) is 2.72. The molecule has 0 atom stereocenters. The molecule has 0 unspecified atom stereocenters. The fourth-order valence-corrected chi connectivity index (χ4v) is 2.65. The van der Waals surface area contributed by atoms with Crippen molar-refractivity contribution in [3.63, 3.8) is 0 Å². The van der Waals surface area contributed by atoms with E-state index in [1.54, 1.807) is 38.5 Å². The molecule has 1 amide bonds. The topological polar surface area (TPSA) is 66.0 Å². The third kappa shape index (κ3) is 5.89. The van der Waals surface area contributed by atoms with Crippen LogP contribution < -0.4 is 19.5 Å². The molecule has 2 aromatic rings. The molecule has 152 valence electrons. The lowest BCUT2D eigenvalue weighted by Crippen LogP contribution is -2.13. The molecule has 0 aliphatic heterocycles. The van der Waals surface area contributed by atoms with Gasteiger partial charge < -0.3 is 24.3 Å². The fourth-order valence-electron chi connectivity index (χ4n) is 2.65. The van der Waals surface area contributed by atoms with E-state index in [1.165, 1.54) is 0 Å². The van der Waals surface area contributed by atoms with Gasteiger partial charge in [0.2, 0.25) is 0 Å². The maximum Gasteiger partial charge on any atom is 0.255 e. The number of rotatable bonds is 11. The van der Waals surface area contributed by atoms with Crippen LogP contribution in [0.15, 0.2) is 36.4 Å². The third-order valence-electron chi connectivity index (χ3n) is 4.18. The Morgan fingerprint density at radius 1 is 1.00 bits per heavy atom. The largest absolute Gasteiger partial charge is 0.497 e. The predicted molar refractivity (Wildman–Crippen MR) is 110 cm³/mol. The van der Waals surface area contributed by atoms with Crippen LogP contribution in [0, 0.1) is 0 Å². The minimum atomic E-state index is -0.235. The first kappa shape index (κ1) is 21.6. The second-order valence-electron chi connectivity index (χ2n) is 6.18. The Kier molecular flexibility index (Phi) is 8.62. The molecule has 0 fully saturated rings. The van der Waals surface area contributed by atoms with Crippen molar-refractivity contribution in [3.8, 4) is 17.2 Å². The highest BCUT2D eigenvalue weighted by Crippen LogP contribution is 2.30. The molecular formula is C22H29NO5. The first-order chi connectivity index (χ1) is 13.6. The monoisotopic (exact) mass is 387 g/mol. The number of hydrogen-bond acceptors (Lipinski definition) is 5. The van der Waals surface area contributed by atoms with E-state index in [9.17, 15) is 4.79 Å². The van der Waals surface area contributed by atoms with E-state index >= 15 is 0 Å². The number of ether oxygens (including phenoxy) is 4. The normalized spacial score (nSPS) is 10.4. The van der Waals surface area contributed by atoms with Crippen LogP contribution in [-0.2, 0) is 11.3 Å². The number of methoxy groups -OCH3 is 2. The molecule has 1 N–H and O–H groups in total. The number of amides is 1. The number of carbonyl (C=O) groups excluding carboxylic acids is 1. The Hall–Kier alpha value is -2.73. The highest BCUT2D eigenvalue weighted by atomic mass is 16.5. The first-order valence-electron chi connectivity index (χ1n) is 9.49. The van der Waals surface area contributed by atoms with Crippen molar-refractivity contribution < 1.29 is 23.7 Å². The van der Waals surface area contributed by atoms with E-state index in [1.807, 2.05) is 19.1 Å². The zero-order valence-corrected chi connectivity index (χ0v) is 17.0. The molecule has 2 rings (SSSR count). The predicted octanol–water partition coefficient (Wildman–Crippen LogP) is 4.67. The van der Waals surface area contributed by atoms with E-state index in [0.717, 1.165) is 24.2 Å². The molecule has 0 saturated carbocycles. The summed E-state index contributed by atoms with van der Waals surface area (Å²) < 4.78 is 21.9. The van der Waals surface area contributed by atoms with Gasteiger partial charge in [-0.05, 0) is 43.7 Å². The summed E-state index contributed by atoms with van der Waals surface area (Å²) in [5, 5.41) is 2.88. The number of hydrogen-bond donors (Lipinski definition) is 1. The van der Waals surface area contributed by atoms with Gasteiger partial charge in [-0.25, -0.2) is 0 Å². The van der Waals surface area contributed by atoms with Crippen LogP contribution in [-0.4, -0.2) is 33.3 Å². The van der Waals surface area contributed by atoms with Crippen molar-refractivity contribution in [1.82, 2.24) is 0 Å². The van der Waals surface area contributed by atoms with Gasteiger partial charge in [-0.2, -0.15) is 0 Å². The summed E-state index contributed by atoms with van der Waals surface area (Å²) in [6.07, 6.45) is 2.08. The highest BCUT2D eigenvalue weighted by molar-refractivity contribution is 6.05. The highest BCUT2D eigenvalue weighted by Gasteiger charge is 2.14. The van der Waals surface area contributed by atoms with Gasteiger partial charge in [-0.3, -0.25) is 4.79 Å². The standard InChI is InChI=1S/C22H29NO5/c1-5-7-12-27-15-17-13-16(8-11-20(17)28-6-2)22(24)23-19-10-9-18(25-3)14-21(19)26-4/h8-11,13-14H,5-7,12,15H2,1-4H3,(H,23,24). The summed E-state index contributed by atoms with van der Waals surface area (Å²) >= 11 is 0. The van der Waals surface area contributed by atoms with Crippen molar-refractivity contribution in [1.29, 1.82) is 0 Å². The van der Waals surface area contributed by atoms with Gasteiger partial charge in [0.1, 0.15) is 17.2 Å². The second-order valence-corrected chi connectivity index (χ2v) is 6.18. The summed E-state index contributed by atoms with van der Waals surface area (Å²) in [4.78, 5) is 12.8. The van der Waals surface area contributed by atoms with Gasteiger partial charge in [-0.1, -0.05) is 13.3 Å². The van der Waals surface area contributed by atoms with Gasteiger partial charge in [0, 0.05) is 23.8 Å². The molecule has 0 radical (unpaired) electrons. The van der Waals surface area contributed by atoms with Gasteiger partial charge >= 0.3 is 0 Å². The van der Waals surface area contributed by atoms with Crippen molar-refractivity contribution in [2.75, 3.05) is 32.8 Å². The van der Waals surface area contributed by atoms with Crippen molar-refractivity contribution in [3.05, 3.63) is 47.5 Å². The Bertz CT molecular complexity index is 776. The van der Waals surface area contributed by atoms with Crippen LogP contribution in [0.25, 0.3) is 0 Å². The quantitative estimate of drug-likeness (QED) is 0.568. The Balaban J connectivity index is 2.18. The fraction of sp³-hybridized carbons (Fsp3) is 0.409. The smallest absolute Gasteiger partial charge is 0.255 e. The molecule has 0 heterocycles. The molecular weight excluding hydrogens is 358 g/mol. The lowest BCUT2D eigenvalue weighted by atomic mass is 10.1. The van der Waals surface area contributed by atoms with Gasteiger partial charge in [0.15, 0.2) is 0 Å². The summed E-state index contributed by atoms with van der Waals surface area (Å²) in [6.45, 7) is 5.69. The second kappa shape index (κ2) is 11.2. The zero-order chi connectivity index (χ0) is 20.4. The summed E-state index contributed by atoms with van der Waals surface area (Å²) in [5.41, 5.74) is 1.95. The Labute approximate surface area is 166 Å². The van der Waals surface area contributed by atoms with E-state index in [-0.39, 0.29) is 5.91 Å². The number of anilines is 1. The molecule has 0 aliphatic carbocycles. The number of benzene rings is 2. The molecule has 28 heavy (non-hydrogen) atoms. The van der Waals surface area contributed by atoms with Gasteiger partial charge in [0.25, 0.3) is 5.91 Å². The van der Waals surface area contributed by atoms with Crippen LogP contribution in [0.5, 0.6) is 17.2 Å². The molecule has 0 aliphatic rings. The minimum absolute atomic E-state index is 0.235. The Morgan fingerprint density at radius 3 is 2.50 bits per heavy atom. The van der Waals surface area contributed by atoms with E-state index < -0.39 is 0 Å². The number of unbranched alkanes of at least 4 members (excludes halogenated alkanes) is 1. The van der Waals surface area contributed by atoms with Gasteiger partial charge in [0.05, 0.1) is 33.1 Å². The molecule has 0 spiro atoms. The molecule has 6 nitrogen and oxygen atoms in total. The summed E-state index contributed by atoms with van der Waals surface area (Å²) in [7, 11) is 3.13. The first-order valence-corrected chi connectivity index (χ1v) is 9.49. The maximum absolute atomic E-state index is 12.8. The zero-order valence-electron chi connectivity index (χ0n) is 17.0. The van der Waals surface area contributed by atoms with E-state index in [0.29, 0.717) is 42.6 Å². The number of carbonyl (C=O) groups is 1. The Morgan fingerprint density at radius 2 is 1.82 bits per heavy atom. The molecule has 6 heteroatoms. The molecule has 0 bridgehead atoms. The molecule has 0 saturated heterocycles. The van der Waals surface area contributed by atoms with Crippen molar-refractivity contribution >= 4 is 11.6 Å². The van der Waals surface area contributed by atoms with Crippen LogP contribution in [0.1, 0.15) is 42.6 Å². The van der Waals surface area contributed by atoms with Crippen LogP contribution in [0.3, 0.4) is 0 Å². The van der Waals surface area contributed by atoms with Crippen LogP contribution in [0.4, 0.5) is 5.69 Å². The van der Waals surface area contributed by atoms with Crippen LogP contribution >= 0.6 is 0 Å². The maximum atomic E-state index is 12.8. The molecule has 2 aromatic carbocycles. The van der Waals surface area contributed by atoms with E-state index in [2.05, 4.69) is 12.2 Å². The van der Waals surface area contributed by atoms with Crippen LogP contribution in [0.2, 0.25) is 0 Å². The van der Waals surface area contributed by atoms with Crippen molar-refractivity contribution in [2.45, 2.75) is 33.3 Å². The molecule has 0 aromatic heterocycles. The van der Waals surface area contributed by atoms with Gasteiger partial charge in [-0.15, -0.1) is 0 Å². The van der Waals surface area contributed by atoms with E-state index in [4.69, 9.17) is 18.9 Å². The minimum Gasteiger partial charge on any atom is -0.497 e. The van der Waals surface area contributed by atoms with Crippen molar-refractivity contribution in [2.24, 2.45) is 0 Å². The lowest BCUT2D eigenvalue weighted by molar-refractivity contribution is 0.102. The summed E-state index contributed by atoms with van der Waals surface area (Å²) in [5.74, 6) is 1.68. The average molecular weight is 387 g/mol. The number of nitrogens with one attached hydrogen (secondary N) is 1. The third-order valence-corrected chi connectivity index (χ3v) is 4.18.